The minimum Gasteiger partial charge on any atom is -0.465 e. The molecule has 0 aromatic carbocycles. The summed E-state index contributed by atoms with van der Waals surface area (Å²) in [5.74, 6) is -0.565. The van der Waals surface area contributed by atoms with E-state index in [1.807, 2.05) is 11.4 Å². The molecule has 1 N–H and O–H groups in total. The van der Waals surface area contributed by atoms with Gasteiger partial charge in [-0.15, -0.1) is 22.7 Å². The number of carbonyl (C=O) groups excluding carboxylic acids is 2. The van der Waals surface area contributed by atoms with E-state index >= 15 is 0 Å². The largest absolute Gasteiger partial charge is 0.465 e. The number of fused-ring (bicyclic) bond motifs is 1. The molecule has 0 fully saturated rings. The van der Waals surface area contributed by atoms with Crippen molar-refractivity contribution in [2.45, 2.75) is 19.9 Å². The molecule has 2 aromatic heterocycles. The highest BCUT2D eigenvalue weighted by Crippen LogP contribution is 2.37. The fraction of sp³-hybridized carbons (Fsp3) is 0.375. The van der Waals surface area contributed by atoms with Crippen LogP contribution in [0.5, 0.6) is 0 Å². The number of nitrogens with zero attached hydrogens (tertiary/aromatic N) is 1. The zero-order valence-electron chi connectivity index (χ0n) is 13.0. The molecule has 2 aromatic rings. The van der Waals surface area contributed by atoms with Gasteiger partial charge in [0.05, 0.1) is 17.6 Å². The molecule has 5 nitrogen and oxygen atoms in total. The van der Waals surface area contributed by atoms with E-state index in [1.165, 1.54) is 29.8 Å². The summed E-state index contributed by atoms with van der Waals surface area (Å²) in [4.78, 5) is 28.6. The second kappa shape index (κ2) is 6.82. The van der Waals surface area contributed by atoms with Gasteiger partial charge in [-0.3, -0.25) is 9.69 Å². The summed E-state index contributed by atoms with van der Waals surface area (Å²) in [7, 11) is 1.37. The second-order valence-electron chi connectivity index (χ2n) is 5.25. The maximum atomic E-state index is 12.3. The SMILES string of the molecule is CCN1CCc2c(sc(NC(=O)c3cccs3)c2C(=O)OC)C1. The van der Waals surface area contributed by atoms with Gasteiger partial charge in [0, 0.05) is 18.0 Å². The van der Waals surface area contributed by atoms with Gasteiger partial charge in [0.1, 0.15) is 5.00 Å². The Morgan fingerprint density at radius 1 is 1.43 bits per heavy atom. The molecule has 0 bridgehead atoms. The topological polar surface area (TPSA) is 58.6 Å². The second-order valence-corrected chi connectivity index (χ2v) is 7.30. The Kier molecular flexibility index (Phi) is 4.79. The summed E-state index contributed by atoms with van der Waals surface area (Å²) >= 11 is 2.86. The Bertz CT molecular complexity index is 722. The number of nitrogens with one attached hydrogen (secondary N) is 1. The number of anilines is 1. The molecule has 1 amide bonds. The van der Waals surface area contributed by atoms with Crippen LogP contribution < -0.4 is 5.32 Å². The minimum atomic E-state index is -0.381. The van der Waals surface area contributed by atoms with Crippen molar-refractivity contribution >= 4 is 39.6 Å². The van der Waals surface area contributed by atoms with E-state index in [9.17, 15) is 9.59 Å². The molecule has 0 saturated heterocycles. The van der Waals surface area contributed by atoms with Gasteiger partial charge >= 0.3 is 5.97 Å². The number of methoxy groups -OCH3 is 1. The van der Waals surface area contributed by atoms with Crippen LogP contribution in [0, 0.1) is 0 Å². The standard InChI is InChI=1S/C16H18N2O3S2/c1-3-18-7-6-10-12(9-18)23-15(13(10)16(20)21-2)17-14(19)11-5-4-8-22-11/h4-5,8H,3,6-7,9H2,1-2H3,(H,17,19). The maximum absolute atomic E-state index is 12.3. The molecular weight excluding hydrogens is 332 g/mol. The lowest BCUT2D eigenvalue weighted by Crippen LogP contribution is -2.29. The summed E-state index contributed by atoms with van der Waals surface area (Å²) < 4.78 is 4.93. The summed E-state index contributed by atoms with van der Waals surface area (Å²) in [5, 5.41) is 5.34. The number of hydrogen-bond donors (Lipinski definition) is 1. The van der Waals surface area contributed by atoms with Crippen molar-refractivity contribution in [3.8, 4) is 0 Å². The lowest BCUT2D eigenvalue weighted by molar-refractivity contribution is 0.0600. The molecular formula is C16H18N2O3S2. The van der Waals surface area contributed by atoms with E-state index in [1.54, 1.807) is 6.07 Å². The Morgan fingerprint density at radius 3 is 2.91 bits per heavy atom. The summed E-state index contributed by atoms with van der Waals surface area (Å²) in [6.07, 6.45) is 0.805. The highest BCUT2D eigenvalue weighted by atomic mass is 32.1. The molecule has 0 saturated carbocycles. The van der Waals surface area contributed by atoms with Crippen LogP contribution >= 0.6 is 22.7 Å². The fourth-order valence-electron chi connectivity index (χ4n) is 2.70. The van der Waals surface area contributed by atoms with Gasteiger partial charge in [0.15, 0.2) is 0 Å². The molecule has 0 atom stereocenters. The van der Waals surface area contributed by atoms with Crippen LogP contribution in [-0.2, 0) is 17.7 Å². The van der Waals surface area contributed by atoms with Gasteiger partial charge < -0.3 is 10.1 Å². The van der Waals surface area contributed by atoms with Gasteiger partial charge in [-0.05, 0) is 30.0 Å². The third-order valence-electron chi connectivity index (χ3n) is 3.94. The normalized spacial score (nSPS) is 14.3. The Hall–Kier alpha value is -1.70. The first kappa shape index (κ1) is 16.2. The number of amides is 1. The molecule has 0 radical (unpaired) electrons. The predicted molar refractivity (Wildman–Crippen MR) is 92.6 cm³/mol. The highest BCUT2D eigenvalue weighted by molar-refractivity contribution is 7.17. The van der Waals surface area contributed by atoms with Crippen LogP contribution in [0.4, 0.5) is 5.00 Å². The molecule has 0 unspecified atom stereocenters. The van der Waals surface area contributed by atoms with Crippen LogP contribution in [-0.4, -0.2) is 37.0 Å². The average molecular weight is 350 g/mol. The van der Waals surface area contributed by atoms with E-state index in [0.29, 0.717) is 15.4 Å². The third-order valence-corrected chi connectivity index (χ3v) is 5.95. The summed E-state index contributed by atoms with van der Waals surface area (Å²) in [6.45, 7) is 4.83. The number of esters is 1. The minimum absolute atomic E-state index is 0.184. The monoisotopic (exact) mass is 350 g/mol. The molecule has 3 heterocycles. The van der Waals surface area contributed by atoms with Crippen molar-refractivity contribution in [1.82, 2.24) is 4.90 Å². The van der Waals surface area contributed by atoms with Crippen molar-refractivity contribution in [2.75, 3.05) is 25.5 Å². The first-order chi connectivity index (χ1) is 11.1. The Labute approximate surface area is 142 Å². The highest BCUT2D eigenvalue weighted by Gasteiger charge is 2.29. The maximum Gasteiger partial charge on any atom is 0.341 e. The predicted octanol–water partition coefficient (Wildman–Crippen LogP) is 3.23. The number of thiophene rings is 2. The van der Waals surface area contributed by atoms with Gasteiger partial charge in [0.25, 0.3) is 5.91 Å². The quantitative estimate of drug-likeness (QED) is 0.860. The van der Waals surface area contributed by atoms with Crippen molar-refractivity contribution in [3.63, 3.8) is 0 Å². The fourth-order valence-corrected chi connectivity index (χ4v) is 4.60. The zero-order valence-corrected chi connectivity index (χ0v) is 14.7. The van der Waals surface area contributed by atoms with Gasteiger partial charge in [-0.2, -0.15) is 0 Å². The first-order valence-electron chi connectivity index (χ1n) is 7.44. The van der Waals surface area contributed by atoms with Crippen LogP contribution in [0.2, 0.25) is 0 Å². The van der Waals surface area contributed by atoms with E-state index < -0.39 is 0 Å². The number of likely N-dealkylation sites (N-methyl/N-ethyl adjacent to an activating group) is 1. The molecule has 1 aliphatic rings. The molecule has 1 aliphatic heterocycles. The molecule has 122 valence electrons. The van der Waals surface area contributed by atoms with Gasteiger partial charge in [-0.25, -0.2) is 4.79 Å². The summed E-state index contributed by atoms with van der Waals surface area (Å²) in [5.41, 5.74) is 1.54. The number of carbonyl (C=O) groups is 2. The van der Waals surface area contributed by atoms with Crippen molar-refractivity contribution < 1.29 is 14.3 Å². The van der Waals surface area contributed by atoms with E-state index in [4.69, 9.17) is 4.74 Å². The van der Waals surface area contributed by atoms with E-state index in [-0.39, 0.29) is 11.9 Å². The summed E-state index contributed by atoms with van der Waals surface area (Å²) in [6, 6.07) is 3.60. The van der Waals surface area contributed by atoms with Crippen LogP contribution in [0.15, 0.2) is 17.5 Å². The molecule has 0 aliphatic carbocycles. The molecule has 23 heavy (non-hydrogen) atoms. The molecule has 0 spiro atoms. The van der Waals surface area contributed by atoms with Crippen molar-refractivity contribution in [1.29, 1.82) is 0 Å². The number of rotatable bonds is 4. The number of hydrogen-bond acceptors (Lipinski definition) is 6. The van der Waals surface area contributed by atoms with Crippen LogP contribution in [0.3, 0.4) is 0 Å². The average Bonchev–Trinajstić information content (AvgIpc) is 3.20. The Morgan fingerprint density at radius 2 is 2.26 bits per heavy atom. The lowest BCUT2D eigenvalue weighted by Gasteiger charge is -2.25. The van der Waals surface area contributed by atoms with E-state index in [0.717, 1.165) is 36.5 Å². The van der Waals surface area contributed by atoms with Crippen LogP contribution in [0.25, 0.3) is 0 Å². The first-order valence-corrected chi connectivity index (χ1v) is 9.13. The number of ether oxygens (including phenoxy) is 1. The van der Waals surface area contributed by atoms with Gasteiger partial charge in [-0.1, -0.05) is 13.0 Å². The lowest BCUT2D eigenvalue weighted by atomic mass is 10.0. The molecule has 7 heteroatoms. The van der Waals surface area contributed by atoms with Crippen molar-refractivity contribution in [3.05, 3.63) is 38.4 Å². The van der Waals surface area contributed by atoms with Gasteiger partial charge in [0.2, 0.25) is 0 Å². The zero-order chi connectivity index (χ0) is 16.4. The Balaban J connectivity index is 1.94. The third kappa shape index (κ3) is 3.17. The van der Waals surface area contributed by atoms with Crippen LogP contribution in [0.1, 0.15) is 37.4 Å². The smallest absolute Gasteiger partial charge is 0.341 e. The van der Waals surface area contributed by atoms with E-state index in [2.05, 4.69) is 17.1 Å². The van der Waals surface area contributed by atoms with Crippen molar-refractivity contribution in [2.24, 2.45) is 0 Å². The molecule has 3 rings (SSSR count).